The number of benzene rings is 6. The van der Waals surface area contributed by atoms with Gasteiger partial charge in [-0.2, -0.15) is 0 Å². The molecule has 0 aliphatic heterocycles. The van der Waals surface area contributed by atoms with Gasteiger partial charge in [0.25, 0.3) is 0 Å². The van der Waals surface area contributed by atoms with Crippen molar-refractivity contribution < 1.29 is 4.42 Å². The van der Waals surface area contributed by atoms with Gasteiger partial charge < -0.3 is 4.42 Å². The Morgan fingerprint density at radius 1 is 0.511 bits per heavy atom. The van der Waals surface area contributed by atoms with E-state index in [2.05, 4.69) is 127 Å². The van der Waals surface area contributed by atoms with Gasteiger partial charge in [0.2, 0.25) is 0 Å². The number of fused-ring (bicyclic) bond motifs is 5. The van der Waals surface area contributed by atoms with Gasteiger partial charge in [-0.1, -0.05) is 127 Å². The molecule has 9 rings (SSSR count). The molecule has 47 heavy (non-hydrogen) atoms. The number of aromatic nitrogens is 3. The zero-order valence-electron chi connectivity index (χ0n) is 25.6. The van der Waals surface area contributed by atoms with Gasteiger partial charge in [0.1, 0.15) is 11.2 Å². The molecule has 0 saturated carbocycles. The normalized spacial score (nSPS) is 13.2. The molecule has 0 radical (unpaired) electrons. The lowest BCUT2D eigenvalue weighted by Gasteiger charge is -2.15. The fourth-order valence-electron chi connectivity index (χ4n) is 6.68. The first-order chi connectivity index (χ1) is 23.3. The average Bonchev–Trinajstić information content (AvgIpc) is 3.55. The predicted octanol–water partition coefficient (Wildman–Crippen LogP) is 11.2. The van der Waals surface area contributed by atoms with E-state index in [4.69, 9.17) is 19.4 Å². The molecule has 0 unspecified atom stereocenters. The highest BCUT2D eigenvalue weighted by Crippen LogP contribution is 2.42. The first kappa shape index (κ1) is 27.2. The molecule has 1 aliphatic carbocycles. The molecule has 222 valence electrons. The fourth-order valence-corrected chi connectivity index (χ4v) is 6.68. The van der Waals surface area contributed by atoms with Crippen LogP contribution in [0.3, 0.4) is 0 Å². The minimum Gasteiger partial charge on any atom is -0.455 e. The zero-order valence-corrected chi connectivity index (χ0v) is 25.6. The second-order valence-electron chi connectivity index (χ2n) is 11.9. The molecular weight excluding hydrogens is 574 g/mol. The van der Waals surface area contributed by atoms with Gasteiger partial charge in [-0.05, 0) is 64.8 Å². The van der Waals surface area contributed by atoms with Crippen molar-refractivity contribution in [3.63, 3.8) is 0 Å². The van der Waals surface area contributed by atoms with Crippen molar-refractivity contribution in [2.45, 2.75) is 12.8 Å². The maximum Gasteiger partial charge on any atom is 0.164 e. The van der Waals surface area contributed by atoms with Crippen molar-refractivity contribution >= 4 is 43.9 Å². The summed E-state index contributed by atoms with van der Waals surface area (Å²) in [6, 6.07) is 48.2. The summed E-state index contributed by atoms with van der Waals surface area (Å²) in [5.41, 5.74) is 9.34. The standard InChI is InChI=1S/C43H29N3O/c1-4-13-28(14-5-1)31-20-12-21-34(25-31)42-44-41(30-17-8-3-9-18-30)45-43(46-42)37-26-33-19-10-11-22-35(33)40-39(37)36-24-23-32(27-38(36)47-40)29-15-6-2-7-16-29/h1-11,13-19,21-27H,12,20H2. The molecule has 0 atom stereocenters. The lowest BCUT2D eigenvalue weighted by molar-refractivity contribution is 0.673. The number of furan rings is 1. The Kier molecular flexibility index (Phi) is 6.57. The molecule has 4 heteroatoms. The molecule has 2 heterocycles. The third kappa shape index (κ3) is 4.91. The van der Waals surface area contributed by atoms with Gasteiger partial charge >= 0.3 is 0 Å². The lowest BCUT2D eigenvalue weighted by Crippen LogP contribution is -2.04. The Hall–Kier alpha value is -6.13. The number of allylic oxidation sites excluding steroid dienone is 4. The maximum atomic E-state index is 6.72. The number of hydrogen-bond donors (Lipinski definition) is 0. The first-order valence-corrected chi connectivity index (χ1v) is 16.0. The molecule has 0 bridgehead atoms. The summed E-state index contributed by atoms with van der Waals surface area (Å²) in [4.78, 5) is 15.4. The predicted molar refractivity (Wildman–Crippen MR) is 193 cm³/mol. The Balaban J connectivity index is 1.29. The van der Waals surface area contributed by atoms with E-state index in [0.717, 1.165) is 73.4 Å². The topological polar surface area (TPSA) is 51.8 Å². The van der Waals surface area contributed by atoms with Gasteiger partial charge in [-0.3, -0.25) is 0 Å². The largest absolute Gasteiger partial charge is 0.455 e. The molecular formula is C43H29N3O. The van der Waals surface area contributed by atoms with E-state index in [-0.39, 0.29) is 0 Å². The van der Waals surface area contributed by atoms with Crippen molar-refractivity contribution in [1.29, 1.82) is 0 Å². The molecule has 0 saturated heterocycles. The minimum atomic E-state index is 0.626. The zero-order chi connectivity index (χ0) is 31.2. The molecule has 0 N–H and O–H groups in total. The summed E-state index contributed by atoms with van der Waals surface area (Å²) in [5.74, 6) is 1.94. The summed E-state index contributed by atoms with van der Waals surface area (Å²) in [6.07, 6.45) is 6.39. The SMILES string of the molecule is C1=C(c2ccccc2)CCC=C1c1nc(-c2ccccc2)nc(-c2cc3ccccc3c3oc4cc(-c5ccccc5)ccc4c23)n1. The van der Waals surface area contributed by atoms with Crippen LogP contribution in [0.15, 0.2) is 156 Å². The van der Waals surface area contributed by atoms with Crippen molar-refractivity contribution in [3.8, 4) is 33.9 Å². The second kappa shape index (κ2) is 11.3. The smallest absolute Gasteiger partial charge is 0.164 e. The fraction of sp³-hybridized carbons (Fsp3) is 0.0465. The van der Waals surface area contributed by atoms with Gasteiger partial charge in [0.05, 0.1) is 0 Å². The third-order valence-corrected chi connectivity index (χ3v) is 8.99. The quantitative estimate of drug-likeness (QED) is 0.196. The number of rotatable bonds is 5. The van der Waals surface area contributed by atoms with Crippen LogP contribution >= 0.6 is 0 Å². The molecule has 2 aromatic heterocycles. The van der Waals surface area contributed by atoms with E-state index in [9.17, 15) is 0 Å². The molecule has 8 aromatic rings. The van der Waals surface area contributed by atoms with Crippen LogP contribution in [0.25, 0.3) is 77.8 Å². The first-order valence-electron chi connectivity index (χ1n) is 16.0. The summed E-state index contributed by atoms with van der Waals surface area (Å²) in [6.45, 7) is 0. The highest BCUT2D eigenvalue weighted by molar-refractivity contribution is 6.21. The van der Waals surface area contributed by atoms with E-state index in [1.54, 1.807) is 0 Å². The van der Waals surface area contributed by atoms with Crippen LogP contribution in [0.2, 0.25) is 0 Å². The van der Waals surface area contributed by atoms with Crippen LogP contribution < -0.4 is 0 Å². The summed E-state index contributed by atoms with van der Waals surface area (Å²) < 4.78 is 6.72. The monoisotopic (exact) mass is 603 g/mol. The molecule has 0 fully saturated rings. The molecule has 1 aliphatic rings. The molecule has 0 spiro atoms. The Morgan fingerprint density at radius 3 is 1.96 bits per heavy atom. The third-order valence-electron chi connectivity index (χ3n) is 8.99. The molecule has 0 amide bonds. The van der Waals surface area contributed by atoms with Crippen molar-refractivity contribution in [3.05, 3.63) is 163 Å². The van der Waals surface area contributed by atoms with Crippen LogP contribution in [0, 0.1) is 0 Å². The van der Waals surface area contributed by atoms with Gasteiger partial charge in [-0.15, -0.1) is 0 Å². The van der Waals surface area contributed by atoms with Crippen molar-refractivity contribution in [2.24, 2.45) is 0 Å². The van der Waals surface area contributed by atoms with Crippen LogP contribution in [0.4, 0.5) is 0 Å². The van der Waals surface area contributed by atoms with E-state index in [0.29, 0.717) is 17.5 Å². The van der Waals surface area contributed by atoms with Crippen LogP contribution in [-0.2, 0) is 0 Å². The Bertz CT molecular complexity index is 2490. The number of nitrogens with zero attached hydrogens (tertiary/aromatic N) is 3. The van der Waals surface area contributed by atoms with Crippen LogP contribution in [0.1, 0.15) is 24.2 Å². The Morgan fingerprint density at radius 2 is 1.17 bits per heavy atom. The maximum absolute atomic E-state index is 6.72. The molecule has 4 nitrogen and oxygen atoms in total. The van der Waals surface area contributed by atoms with E-state index in [1.165, 1.54) is 11.1 Å². The van der Waals surface area contributed by atoms with Crippen LogP contribution in [-0.4, -0.2) is 15.0 Å². The number of hydrogen-bond acceptors (Lipinski definition) is 4. The van der Waals surface area contributed by atoms with E-state index < -0.39 is 0 Å². The van der Waals surface area contributed by atoms with Gasteiger partial charge in [0.15, 0.2) is 17.5 Å². The summed E-state index contributed by atoms with van der Waals surface area (Å²) in [7, 11) is 0. The second-order valence-corrected chi connectivity index (χ2v) is 11.9. The highest BCUT2D eigenvalue weighted by Gasteiger charge is 2.21. The van der Waals surface area contributed by atoms with Crippen LogP contribution in [0.5, 0.6) is 0 Å². The van der Waals surface area contributed by atoms with Gasteiger partial charge in [0, 0.05) is 32.9 Å². The minimum absolute atomic E-state index is 0.626. The van der Waals surface area contributed by atoms with E-state index >= 15 is 0 Å². The van der Waals surface area contributed by atoms with Crippen molar-refractivity contribution in [2.75, 3.05) is 0 Å². The lowest BCUT2D eigenvalue weighted by atomic mass is 9.93. The molecule has 6 aromatic carbocycles. The van der Waals surface area contributed by atoms with E-state index in [1.807, 2.05) is 24.3 Å². The summed E-state index contributed by atoms with van der Waals surface area (Å²) in [5, 5.41) is 4.18. The summed E-state index contributed by atoms with van der Waals surface area (Å²) >= 11 is 0. The highest BCUT2D eigenvalue weighted by atomic mass is 16.3. The Labute approximate surface area is 272 Å². The average molecular weight is 604 g/mol. The van der Waals surface area contributed by atoms with Gasteiger partial charge in [-0.25, -0.2) is 15.0 Å². The van der Waals surface area contributed by atoms with Crippen molar-refractivity contribution in [1.82, 2.24) is 15.0 Å².